The minimum absolute atomic E-state index is 0.368. The molecule has 1 aromatic carbocycles. The van der Waals surface area contributed by atoms with Gasteiger partial charge in [0.15, 0.2) is 0 Å². The second-order valence-electron chi connectivity index (χ2n) is 3.29. The lowest BCUT2D eigenvalue weighted by molar-refractivity contribution is 0.458. The molecule has 3 nitrogen and oxygen atoms in total. The van der Waals surface area contributed by atoms with Crippen LogP contribution in [0.3, 0.4) is 0 Å². The van der Waals surface area contributed by atoms with E-state index in [2.05, 4.69) is 26.2 Å². The second kappa shape index (κ2) is 5.14. The van der Waals surface area contributed by atoms with Gasteiger partial charge >= 0.3 is 0 Å². The van der Waals surface area contributed by atoms with Crippen molar-refractivity contribution in [1.82, 2.24) is 4.98 Å². The van der Waals surface area contributed by atoms with E-state index >= 15 is 0 Å². The third-order valence-corrected chi connectivity index (χ3v) is 2.74. The average Bonchev–Trinajstić information content (AvgIpc) is 2.34. The summed E-state index contributed by atoms with van der Waals surface area (Å²) >= 11 is 3.08. The Hall–Kier alpha value is -1.62. The summed E-state index contributed by atoms with van der Waals surface area (Å²) in [6, 6.07) is 9.89. The zero-order valence-electron chi connectivity index (χ0n) is 9.08. The van der Waals surface area contributed by atoms with Gasteiger partial charge in [0, 0.05) is 19.2 Å². The summed E-state index contributed by atoms with van der Waals surface area (Å²) in [4.78, 5) is 4.17. The SMILES string of the molecule is CNc1cccc(Oc2ccc(Br)c(F)c2)n1. The molecule has 0 atom stereocenters. The van der Waals surface area contributed by atoms with Gasteiger partial charge in [-0.05, 0) is 34.1 Å². The number of hydrogen-bond acceptors (Lipinski definition) is 3. The van der Waals surface area contributed by atoms with Crippen LogP contribution >= 0.6 is 15.9 Å². The number of ether oxygens (including phenoxy) is 1. The van der Waals surface area contributed by atoms with E-state index in [1.807, 2.05) is 12.1 Å². The van der Waals surface area contributed by atoms with Gasteiger partial charge < -0.3 is 10.1 Å². The minimum Gasteiger partial charge on any atom is -0.439 e. The van der Waals surface area contributed by atoms with Crippen molar-refractivity contribution in [2.75, 3.05) is 12.4 Å². The molecule has 0 amide bonds. The maximum absolute atomic E-state index is 13.3. The normalized spacial score (nSPS) is 10.1. The number of anilines is 1. The number of hydrogen-bond donors (Lipinski definition) is 1. The molecule has 5 heteroatoms. The molecule has 1 aromatic heterocycles. The third kappa shape index (κ3) is 2.94. The molecule has 17 heavy (non-hydrogen) atoms. The number of benzene rings is 1. The van der Waals surface area contributed by atoms with Crippen LogP contribution in [0.4, 0.5) is 10.2 Å². The van der Waals surface area contributed by atoms with Crippen LogP contribution in [0.1, 0.15) is 0 Å². The van der Waals surface area contributed by atoms with Gasteiger partial charge in [-0.2, -0.15) is 4.98 Å². The van der Waals surface area contributed by atoms with Crippen molar-refractivity contribution in [3.05, 3.63) is 46.7 Å². The Bertz CT molecular complexity index is 534. The van der Waals surface area contributed by atoms with Crippen molar-refractivity contribution in [2.45, 2.75) is 0 Å². The fourth-order valence-corrected chi connectivity index (χ4v) is 1.52. The number of rotatable bonds is 3. The lowest BCUT2D eigenvalue weighted by atomic mass is 10.3. The van der Waals surface area contributed by atoms with Crippen molar-refractivity contribution in [3.8, 4) is 11.6 Å². The van der Waals surface area contributed by atoms with E-state index in [0.29, 0.717) is 21.9 Å². The van der Waals surface area contributed by atoms with Crippen molar-refractivity contribution in [3.63, 3.8) is 0 Å². The lowest BCUT2D eigenvalue weighted by Gasteiger charge is -2.06. The molecule has 0 spiro atoms. The number of nitrogens with zero attached hydrogens (tertiary/aromatic N) is 1. The van der Waals surface area contributed by atoms with E-state index in [9.17, 15) is 4.39 Å². The standard InChI is InChI=1S/C12H10BrFN2O/c1-15-11-3-2-4-12(16-11)17-8-5-6-9(13)10(14)7-8/h2-7H,1H3,(H,15,16). The first-order valence-electron chi connectivity index (χ1n) is 4.97. The van der Waals surface area contributed by atoms with Gasteiger partial charge in [-0.15, -0.1) is 0 Å². The molecule has 0 saturated heterocycles. The topological polar surface area (TPSA) is 34.1 Å². The third-order valence-electron chi connectivity index (χ3n) is 2.09. The highest BCUT2D eigenvalue weighted by Gasteiger charge is 2.03. The van der Waals surface area contributed by atoms with E-state index in [0.717, 1.165) is 0 Å². The van der Waals surface area contributed by atoms with Crippen molar-refractivity contribution >= 4 is 21.7 Å². The van der Waals surface area contributed by atoms with Gasteiger partial charge in [0.25, 0.3) is 0 Å². The summed E-state index contributed by atoms with van der Waals surface area (Å²) in [6.45, 7) is 0. The monoisotopic (exact) mass is 296 g/mol. The highest BCUT2D eigenvalue weighted by Crippen LogP contribution is 2.25. The first-order valence-corrected chi connectivity index (χ1v) is 5.76. The molecule has 0 fully saturated rings. The highest BCUT2D eigenvalue weighted by molar-refractivity contribution is 9.10. The molecule has 0 saturated carbocycles. The number of halogens is 2. The molecule has 2 rings (SSSR count). The minimum atomic E-state index is -0.368. The lowest BCUT2D eigenvalue weighted by Crippen LogP contribution is -1.94. The van der Waals surface area contributed by atoms with Gasteiger partial charge in [-0.25, -0.2) is 4.39 Å². The molecule has 0 bridgehead atoms. The van der Waals surface area contributed by atoms with Crippen LogP contribution in [-0.4, -0.2) is 12.0 Å². The average molecular weight is 297 g/mol. The Kier molecular flexibility index (Phi) is 3.58. The quantitative estimate of drug-likeness (QED) is 0.935. The number of aromatic nitrogens is 1. The van der Waals surface area contributed by atoms with Gasteiger partial charge in [-0.1, -0.05) is 6.07 Å². The van der Waals surface area contributed by atoms with Crippen LogP contribution in [0, 0.1) is 5.82 Å². The van der Waals surface area contributed by atoms with Crippen LogP contribution < -0.4 is 10.1 Å². The van der Waals surface area contributed by atoms with Crippen molar-refractivity contribution < 1.29 is 9.13 Å². The molecule has 88 valence electrons. The zero-order valence-corrected chi connectivity index (χ0v) is 10.7. The van der Waals surface area contributed by atoms with Gasteiger partial charge in [0.1, 0.15) is 17.4 Å². The van der Waals surface area contributed by atoms with Crippen LogP contribution in [0.5, 0.6) is 11.6 Å². The molecule has 0 radical (unpaired) electrons. The largest absolute Gasteiger partial charge is 0.439 e. The number of pyridine rings is 1. The second-order valence-corrected chi connectivity index (χ2v) is 4.14. The molecule has 1 heterocycles. The van der Waals surface area contributed by atoms with E-state index in [-0.39, 0.29) is 5.82 Å². The van der Waals surface area contributed by atoms with E-state index < -0.39 is 0 Å². The summed E-state index contributed by atoms with van der Waals surface area (Å²) in [5, 5.41) is 2.90. The Morgan fingerprint density at radius 2 is 2.12 bits per heavy atom. The van der Waals surface area contributed by atoms with E-state index in [1.165, 1.54) is 6.07 Å². The summed E-state index contributed by atoms with van der Waals surface area (Å²) in [5.74, 6) is 1.15. The van der Waals surface area contributed by atoms with E-state index in [1.54, 1.807) is 25.2 Å². The molecule has 0 aliphatic rings. The fourth-order valence-electron chi connectivity index (χ4n) is 1.27. The zero-order chi connectivity index (χ0) is 12.3. The Labute approximate surface area is 107 Å². The molecule has 1 N–H and O–H groups in total. The van der Waals surface area contributed by atoms with E-state index in [4.69, 9.17) is 4.74 Å². The number of nitrogens with one attached hydrogen (secondary N) is 1. The predicted octanol–water partition coefficient (Wildman–Crippen LogP) is 3.82. The molecular weight excluding hydrogens is 287 g/mol. The first kappa shape index (κ1) is 11.9. The first-order chi connectivity index (χ1) is 8.19. The molecular formula is C12H10BrFN2O. The smallest absolute Gasteiger partial charge is 0.221 e. The van der Waals surface area contributed by atoms with Crippen LogP contribution in [0.2, 0.25) is 0 Å². The van der Waals surface area contributed by atoms with Crippen molar-refractivity contribution in [2.24, 2.45) is 0 Å². The Morgan fingerprint density at radius 1 is 1.29 bits per heavy atom. The maximum Gasteiger partial charge on any atom is 0.221 e. The van der Waals surface area contributed by atoms with Crippen LogP contribution in [0.25, 0.3) is 0 Å². The Morgan fingerprint density at radius 3 is 2.82 bits per heavy atom. The summed E-state index contributed by atoms with van der Waals surface area (Å²) in [6.07, 6.45) is 0. The van der Waals surface area contributed by atoms with Gasteiger partial charge in [0.05, 0.1) is 4.47 Å². The Balaban J connectivity index is 2.22. The molecule has 0 unspecified atom stereocenters. The van der Waals surface area contributed by atoms with Gasteiger partial charge in [0.2, 0.25) is 5.88 Å². The highest BCUT2D eigenvalue weighted by atomic mass is 79.9. The van der Waals surface area contributed by atoms with Crippen LogP contribution in [0.15, 0.2) is 40.9 Å². The molecule has 2 aromatic rings. The molecule has 0 aliphatic carbocycles. The van der Waals surface area contributed by atoms with Crippen molar-refractivity contribution in [1.29, 1.82) is 0 Å². The van der Waals surface area contributed by atoms with Crippen LogP contribution in [-0.2, 0) is 0 Å². The maximum atomic E-state index is 13.3. The molecule has 0 aliphatic heterocycles. The summed E-state index contributed by atoms with van der Waals surface area (Å²) in [7, 11) is 1.77. The predicted molar refractivity (Wildman–Crippen MR) is 68.0 cm³/mol. The fraction of sp³-hybridized carbons (Fsp3) is 0.0833. The van der Waals surface area contributed by atoms with Gasteiger partial charge in [-0.3, -0.25) is 0 Å². The summed E-state index contributed by atoms with van der Waals surface area (Å²) < 4.78 is 19.1. The summed E-state index contributed by atoms with van der Waals surface area (Å²) in [5.41, 5.74) is 0.